The van der Waals surface area contributed by atoms with Crippen LogP contribution in [0.3, 0.4) is 0 Å². The first kappa shape index (κ1) is 18.2. The molecule has 2 fully saturated rings. The molecular weight excluding hydrogens is 370 g/mol. The summed E-state index contributed by atoms with van der Waals surface area (Å²) in [7, 11) is -1.21. The zero-order valence-corrected chi connectivity index (χ0v) is 16.0. The van der Waals surface area contributed by atoms with Gasteiger partial charge in [-0.05, 0) is 48.8 Å². The quantitative estimate of drug-likeness (QED) is 0.797. The second-order valence-corrected chi connectivity index (χ2v) is 9.54. The van der Waals surface area contributed by atoms with Gasteiger partial charge in [-0.2, -0.15) is 0 Å². The molecule has 2 aromatic rings. The van der Waals surface area contributed by atoms with Crippen LogP contribution in [-0.4, -0.2) is 73.8 Å². The fourth-order valence-corrected chi connectivity index (χ4v) is 5.64. The molecule has 4 rings (SSSR count). The van der Waals surface area contributed by atoms with Crippen LogP contribution in [-0.2, 0) is 14.6 Å². The number of hydrogen-bond donors (Lipinski definition) is 1. The first-order valence-corrected chi connectivity index (χ1v) is 11.0. The number of amides is 1. The van der Waals surface area contributed by atoms with Gasteiger partial charge < -0.3 is 10.2 Å². The number of carbonyl (C=O) groups excluding carboxylic acids is 1. The smallest absolute Gasteiger partial charge is 0.238 e. The van der Waals surface area contributed by atoms with Crippen LogP contribution in [0.25, 0.3) is 11.0 Å². The highest BCUT2D eigenvalue weighted by atomic mass is 32.2. The molecule has 3 heterocycles. The predicted octanol–water partition coefficient (Wildman–Crippen LogP) is 0.880. The van der Waals surface area contributed by atoms with Crippen LogP contribution in [0, 0.1) is 0 Å². The summed E-state index contributed by atoms with van der Waals surface area (Å²) in [6.45, 7) is 2.06. The molecule has 0 spiro atoms. The van der Waals surface area contributed by atoms with Crippen LogP contribution in [0.1, 0.15) is 19.3 Å². The Hall–Kier alpha value is -2.20. The van der Waals surface area contributed by atoms with Gasteiger partial charge in [0, 0.05) is 19.1 Å². The van der Waals surface area contributed by atoms with E-state index in [-0.39, 0.29) is 30.0 Å². The molecule has 1 amide bonds. The zero-order valence-electron chi connectivity index (χ0n) is 15.2. The molecule has 0 aliphatic carbocycles. The minimum absolute atomic E-state index is 0.110. The van der Waals surface area contributed by atoms with Crippen LogP contribution >= 0.6 is 0 Å². The van der Waals surface area contributed by atoms with Crippen molar-refractivity contribution in [2.45, 2.75) is 25.3 Å². The summed E-state index contributed by atoms with van der Waals surface area (Å²) in [5.41, 5.74) is 2.69. The number of carbonyl (C=O) groups is 1. The molecule has 2 aliphatic heterocycles. The van der Waals surface area contributed by atoms with Crippen LogP contribution in [0.4, 0.5) is 11.4 Å². The molecule has 10 heteroatoms. The number of fused-ring (bicyclic) bond motifs is 1. The molecule has 9 nitrogen and oxygen atoms in total. The van der Waals surface area contributed by atoms with E-state index in [0.717, 1.165) is 31.6 Å². The van der Waals surface area contributed by atoms with Gasteiger partial charge in [0.15, 0.2) is 20.9 Å². The maximum Gasteiger partial charge on any atom is 0.238 e. The predicted molar refractivity (Wildman–Crippen MR) is 102 cm³/mol. The standard InChI is InChI=1S/C17H23N5O4S/c1-21(12-6-9-27(24,25)11-12)10-15(23)18-13-4-5-14(22-7-2-3-8-22)17-16(13)19-26-20-17/h4-5,12H,2-3,6-11H2,1H3,(H,18,23)/t12-/m1/s1. The number of likely N-dealkylation sites (N-methyl/N-ethyl adjacent to an activating group) is 1. The molecular formula is C17H23N5O4S. The number of benzene rings is 1. The van der Waals surface area contributed by atoms with Gasteiger partial charge in [0.2, 0.25) is 5.91 Å². The van der Waals surface area contributed by atoms with E-state index >= 15 is 0 Å². The highest BCUT2D eigenvalue weighted by Gasteiger charge is 2.31. The Morgan fingerprint density at radius 1 is 1.30 bits per heavy atom. The van der Waals surface area contributed by atoms with Crippen molar-refractivity contribution >= 4 is 38.2 Å². The Morgan fingerprint density at radius 2 is 2.04 bits per heavy atom. The number of nitrogens with zero attached hydrogens (tertiary/aromatic N) is 4. The van der Waals surface area contributed by atoms with Crippen molar-refractivity contribution in [3.63, 3.8) is 0 Å². The lowest BCUT2D eigenvalue weighted by atomic mass is 10.2. The number of aromatic nitrogens is 2. The van der Waals surface area contributed by atoms with E-state index in [4.69, 9.17) is 4.63 Å². The molecule has 2 aliphatic rings. The first-order chi connectivity index (χ1) is 12.9. The number of anilines is 2. The summed E-state index contributed by atoms with van der Waals surface area (Å²) in [6.07, 6.45) is 2.86. The topological polar surface area (TPSA) is 109 Å². The first-order valence-electron chi connectivity index (χ1n) is 9.14. The monoisotopic (exact) mass is 393 g/mol. The molecule has 0 bridgehead atoms. The SMILES string of the molecule is CN(CC(=O)Nc1ccc(N2CCCC2)c2nonc12)[C@@H]1CCS(=O)(=O)C1. The number of nitrogens with one attached hydrogen (secondary N) is 1. The van der Waals surface area contributed by atoms with Crippen molar-refractivity contribution in [2.75, 3.05) is 48.4 Å². The van der Waals surface area contributed by atoms with E-state index < -0.39 is 9.84 Å². The van der Waals surface area contributed by atoms with Crippen molar-refractivity contribution in [1.82, 2.24) is 15.2 Å². The second kappa shape index (κ2) is 7.08. The molecule has 1 aromatic carbocycles. The van der Waals surface area contributed by atoms with Crippen molar-refractivity contribution in [2.24, 2.45) is 0 Å². The molecule has 2 saturated heterocycles. The lowest BCUT2D eigenvalue weighted by molar-refractivity contribution is -0.117. The van der Waals surface area contributed by atoms with Crippen LogP contribution in [0.15, 0.2) is 16.8 Å². The van der Waals surface area contributed by atoms with Crippen molar-refractivity contribution in [3.05, 3.63) is 12.1 Å². The minimum atomic E-state index is -2.98. The molecule has 0 saturated carbocycles. The summed E-state index contributed by atoms with van der Waals surface area (Å²) >= 11 is 0. The average Bonchev–Trinajstić information content (AvgIpc) is 3.34. The molecule has 1 N–H and O–H groups in total. The number of sulfone groups is 1. The summed E-state index contributed by atoms with van der Waals surface area (Å²) < 4.78 is 28.2. The fourth-order valence-electron chi connectivity index (χ4n) is 3.84. The Kier molecular flexibility index (Phi) is 4.77. The molecule has 1 aromatic heterocycles. The van der Waals surface area contributed by atoms with Gasteiger partial charge >= 0.3 is 0 Å². The molecule has 1 atom stereocenters. The van der Waals surface area contributed by atoms with Crippen molar-refractivity contribution < 1.29 is 17.8 Å². The average molecular weight is 393 g/mol. The summed E-state index contributed by atoms with van der Waals surface area (Å²) in [6, 6.07) is 3.63. The van der Waals surface area contributed by atoms with Gasteiger partial charge in [-0.25, -0.2) is 13.0 Å². The van der Waals surface area contributed by atoms with Gasteiger partial charge in [-0.1, -0.05) is 0 Å². The third kappa shape index (κ3) is 3.77. The minimum Gasteiger partial charge on any atom is -0.370 e. The Labute approximate surface area is 157 Å². The maximum atomic E-state index is 12.5. The van der Waals surface area contributed by atoms with Gasteiger partial charge in [0.25, 0.3) is 0 Å². The van der Waals surface area contributed by atoms with E-state index in [1.54, 1.807) is 11.9 Å². The zero-order chi connectivity index (χ0) is 19.0. The van der Waals surface area contributed by atoms with Gasteiger partial charge in [0.05, 0.1) is 29.4 Å². The lowest BCUT2D eigenvalue weighted by Gasteiger charge is -2.22. The highest BCUT2D eigenvalue weighted by Crippen LogP contribution is 2.31. The maximum absolute atomic E-state index is 12.5. The van der Waals surface area contributed by atoms with Crippen molar-refractivity contribution in [3.8, 4) is 0 Å². The van der Waals surface area contributed by atoms with Gasteiger partial charge in [0.1, 0.15) is 0 Å². The summed E-state index contributed by atoms with van der Waals surface area (Å²) in [4.78, 5) is 16.5. The fraction of sp³-hybridized carbons (Fsp3) is 0.588. The van der Waals surface area contributed by atoms with E-state index in [1.165, 1.54) is 0 Å². The highest BCUT2D eigenvalue weighted by molar-refractivity contribution is 7.91. The van der Waals surface area contributed by atoms with Crippen LogP contribution in [0.5, 0.6) is 0 Å². The summed E-state index contributed by atoms with van der Waals surface area (Å²) in [5.74, 6) is 0.0750. The molecule has 27 heavy (non-hydrogen) atoms. The number of rotatable bonds is 5. The van der Waals surface area contributed by atoms with Gasteiger partial charge in [-0.3, -0.25) is 9.69 Å². The van der Waals surface area contributed by atoms with E-state index in [2.05, 4.69) is 20.5 Å². The van der Waals surface area contributed by atoms with Crippen molar-refractivity contribution in [1.29, 1.82) is 0 Å². The Balaban J connectivity index is 1.46. The third-order valence-electron chi connectivity index (χ3n) is 5.34. The molecule has 0 unspecified atom stereocenters. The lowest BCUT2D eigenvalue weighted by Crippen LogP contribution is -2.38. The number of hydrogen-bond acceptors (Lipinski definition) is 8. The Morgan fingerprint density at radius 3 is 2.74 bits per heavy atom. The Bertz CT molecular complexity index is 951. The van der Waals surface area contributed by atoms with Crippen LogP contribution < -0.4 is 10.2 Å². The molecule has 146 valence electrons. The second-order valence-electron chi connectivity index (χ2n) is 7.31. The van der Waals surface area contributed by atoms with Crippen LogP contribution in [0.2, 0.25) is 0 Å². The van der Waals surface area contributed by atoms with Gasteiger partial charge in [-0.15, -0.1) is 0 Å². The van der Waals surface area contributed by atoms with E-state index in [0.29, 0.717) is 23.1 Å². The third-order valence-corrected chi connectivity index (χ3v) is 7.09. The largest absolute Gasteiger partial charge is 0.370 e. The summed E-state index contributed by atoms with van der Waals surface area (Å²) in [5, 5.41) is 10.8. The van der Waals surface area contributed by atoms with E-state index in [1.807, 2.05) is 12.1 Å². The van der Waals surface area contributed by atoms with E-state index in [9.17, 15) is 13.2 Å². The molecule has 0 radical (unpaired) electrons. The normalized spacial score (nSPS) is 22.0.